The van der Waals surface area contributed by atoms with Crippen molar-refractivity contribution in [1.29, 1.82) is 0 Å². The molecule has 0 amide bonds. The second-order valence-corrected chi connectivity index (χ2v) is 5.59. The lowest BCUT2D eigenvalue weighted by Gasteiger charge is -2.25. The van der Waals surface area contributed by atoms with Crippen molar-refractivity contribution >= 4 is 0 Å². The van der Waals surface area contributed by atoms with Gasteiger partial charge >= 0.3 is 0 Å². The lowest BCUT2D eigenvalue weighted by molar-refractivity contribution is 0.199. The van der Waals surface area contributed by atoms with Gasteiger partial charge in [-0.2, -0.15) is 0 Å². The van der Waals surface area contributed by atoms with Crippen LogP contribution in [0.15, 0.2) is 24.3 Å². The molecule has 0 heterocycles. The summed E-state index contributed by atoms with van der Waals surface area (Å²) in [5, 5.41) is 6.99. The number of aryl methyl sites for hydroxylation is 1. The van der Waals surface area contributed by atoms with Gasteiger partial charge in [-0.3, -0.25) is 0 Å². The number of hydrogen-bond acceptors (Lipinski definition) is 3. The SMILES string of the molecule is COCCNCCCNCC1CCCc2ccccc21. The first-order valence-electron chi connectivity index (χ1n) is 7.90. The molecule has 3 nitrogen and oxygen atoms in total. The summed E-state index contributed by atoms with van der Waals surface area (Å²) in [7, 11) is 1.74. The molecule has 20 heavy (non-hydrogen) atoms. The Morgan fingerprint density at radius 3 is 2.90 bits per heavy atom. The number of fused-ring (bicyclic) bond motifs is 1. The van der Waals surface area contributed by atoms with Crippen LogP contribution in [0.25, 0.3) is 0 Å². The molecule has 1 atom stereocenters. The maximum atomic E-state index is 5.00. The number of ether oxygens (including phenoxy) is 1. The Hall–Kier alpha value is -0.900. The fourth-order valence-corrected chi connectivity index (χ4v) is 2.98. The van der Waals surface area contributed by atoms with Crippen LogP contribution >= 0.6 is 0 Å². The first-order valence-corrected chi connectivity index (χ1v) is 7.90. The molecule has 2 N–H and O–H groups in total. The monoisotopic (exact) mass is 276 g/mol. The maximum Gasteiger partial charge on any atom is 0.0587 e. The van der Waals surface area contributed by atoms with E-state index in [2.05, 4.69) is 34.9 Å². The molecule has 1 aliphatic rings. The minimum Gasteiger partial charge on any atom is -0.383 e. The molecular formula is C17H28N2O. The number of nitrogens with one attached hydrogen (secondary N) is 2. The zero-order chi connectivity index (χ0) is 14.0. The predicted octanol–water partition coefficient (Wildman–Crippen LogP) is 2.32. The molecule has 0 spiro atoms. The van der Waals surface area contributed by atoms with Gasteiger partial charge in [-0.05, 0) is 55.8 Å². The van der Waals surface area contributed by atoms with E-state index >= 15 is 0 Å². The van der Waals surface area contributed by atoms with Crippen molar-refractivity contribution in [3.8, 4) is 0 Å². The van der Waals surface area contributed by atoms with E-state index in [1.807, 2.05) is 0 Å². The number of methoxy groups -OCH3 is 1. The third kappa shape index (κ3) is 4.89. The largest absolute Gasteiger partial charge is 0.383 e. The molecule has 0 bridgehead atoms. The van der Waals surface area contributed by atoms with Crippen molar-refractivity contribution < 1.29 is 4.74 Å². The van der Waals surface area contributed by atoms with E-state index in [1.165, 1.54) is 25.7 Å². The van der Waals surface area contributed by atoms with E-state index in [0.29, 0.717) is 5.92 Å². The van der Waals surface area contributed by atoms with Crippen molar-refractivity contribution in [2.24, 2.45) is 0 Å². The van der Waals surface area contributed by atoms with Crippen LogP contribution in [0.4, 0.5) is 0 Å². The summed E-state index contributed by atoms with van der Waals surface area (Å²) in [4.78, 5) is 0. The van der Waals surface area contributed by atoms with Crippen LogP contribution in [-0.2, 0) is 11.2 Å². The first kappa shape index (κ1) is 15.5. The van der Waals surface area contributed by atoms with Gasteiger partial charge in [-0.25, -0.2) is 0 Å². The number of hydrogen-bond donors (Lipinski definition) is 2. The lowest BCUT2D eigenvalue weighted by Crippen LogP contribution is -2.28. The van der Waals surface area contributed by atoms with Crippen LogP contribution in [0.2, 0.25) is 0 Å². The molecule has 1 aliphatic carbocycles. The summed E-state index contributed by atoms with van der Waals surface area (Å²) >= 11 is 0. The van der Waals surface area contributed by atoms with Gasteiger partial charge in [0.1, 0.15) is 0 Å². The van der Waals surface area contributed by atoms with Gasteiger partial charge < -0.3 is 15.4 Å². The van der Waals surface area contributed by atoms with Crippen LogP contribution in [0.3, 0.4) is 0 Å². The molecular weight excluding hydrogens is 248 g/mol. The van der Waals surface area contributed by atoms with Gasteiger partial charge in [-0.1, -0.05) is 24.3 Å². The molecule has 0 aliphatic heterocycles. The summed E-state index contributed by atoms with van der Waals surface area (Å²) in [5.41, 5.74) is 3.14. The fourth-order valence-electron chi connectivity index (χ4n) is 2.98. The van der Waals surface area contributed by atoms with Crippen LogP contribution in [0.5, 0.6) is 0 Å². The van der Waals surface area contributed by atoms with E-state index in [0.717, 1.165) is 32.8 Å². The minimum atomic E-state index is 0.710. The standard InChI is InChI=1S/C17H28N2O/c1-20-13-12-18-10-5-11-19-14-16-8-4-7-15-6-2-3-9-17(15)16/h2-3,6,9,16,18-19H,4-5,7-8,10-14H2,1H3. The summed E-state index contributed by atoms with van der Waals surface area (Å²) in [5.74, 6) is 0.710. The molecule has 0 aromatic heterocycles. The fraction of sp³-hybridized carbons (Fsp3) is 0.647. The molecule has 1 aromatic carbocycles. The van der Waals surface area contributed by atoms with Gasteiger partial charge in [-0.15, -0.1) is 0 Å². The Morgan fingerprint density at radius 2 is 2.00 bits per heavy atom. The van der Waals surface area contributed by atoms with E-state index in [1.54, 1.807) is 18.2 Å². The average molecular weight is 276 g/mol. The highest BCUT2D eigenvalue weighted by molar-refractivity contribution is 5.32. The van der Waals surface area contributed by atoms with Crippen molar-refractivity contribution in [1.82, 2.24) is 10.6 Å². The average Bonchev–Trinajstić information content (AvgIpc) is 2.50. The van der Waals surface area contributed by atoms with Crippen molar-refractivity contribution in [3.05, 3.63) is 35.4 Å². The van der Waals surface area contributed by atoms with Crippen LogP contribution < -0.4 is 10.6 Å². The zero-order valence-electron chi connectivity index (χ0n) is 12.7. The van der Waals surface area contributed by atoms with E-state index < -0.39 is 0 Å². The second kappa shape index (κ2) is 9.11. The zero-order valence-corrected chi connectivity index (χ0v) is 12.7. The molecule has 0 saturated heterocycles. The highest BCUT2D eigenvalue weighted by Gasteiger charge is 2.18. The van der Waals surface area contributed by atoms with Gasteiger partial charge in [0.2, 0.25) is 0 Å². The van der Waals surface area contributed by atoms with Crippen molar-refractivity contribution in [2.75, 3.05) is 39.9 Å². The first-order chi connectivity index (χ1) is 9.92. The Labute approximate surface area is 123 Å². The predicted molar refractivity (Wildman–Crippen MR) is 84.4 cm³/mol. The van der Waals surface area contributed by atoms with Crippen LogP contribution in [-0.4, -0.2) is 39.9 Å². The second-order valence-electron chi connectivity index (χ2n) is 5.59. The Balaban J connectivity index is 1.61. The Kier molecular flexibility index (Phi) is 7.06. The molecule has 0 saturated carbocycles. The van der Waals surface area contributed by atoms with E-state index in [4.69, 9.17) is 4.74 Å². The summed E-state index contributed by atoms with van der Waals surface area (Å²) in [6.45, 7) is 5.03. The lowest BCUT2D eigenvalue weighted by atomic mass is 9.83. The summed E-state index contributed by atoms with van der Waals surface area (Å²) in [6.07, 6.45) is 5.10. The van der Waals surface area contributed by atoms with Gasteiger partial charge in [0.05, 0.1) is 6.61 Å². The van der Waals surface area contributed by atoms with Crippen LogP contribution in [0.1, 0.15) is 36.3 Å². The maximum absolute atomic E-state index is 5.00. The van der Waals surface area contributed by atoms with Crippen molar-refractivity contribution in [3.63, 3.8) is 0 Å². The van der Waals surface area contributed by atoms with Gasteiger partial charge in [0, 0.05) is 20.2 Å². The smallest absolute Gasteiger partial charge is 0.0587 e. The summed E-state index contributed by atoms with van der Waals surface area (Å²) < 4.78 is 5.00. The topological polar surface area (TPSA) is 33.3 Å². The highest BCUT2D eigenvalue weighted by atomic mass is 16.5. The molecule has 3 heteroatoms. The third-order valence-electron chi connectivity index (χ3n) is 4.07. The van der Waals surface area contributed by atoms with Gasteiger partial charge in [0.25, 0.3) is 0 Å². The number of rotatable bonds is 9. The molecule has 1 aromatic rings. The molecule has 0 fully saturated rings. The van der Waals surface area contributed by atoms with Crippen LogP contribution in [0, 0.1) is 0 Å². The summed E-state index contributed by atoms with van der Waals surface area (Å²) in [6, 6.07) is 8.95. The Bertz CT molecular complexity index is 381. The quantitative estimate of drug-likeness (QED) is 0.679. The third-order valence-corrected chi connectivity index (χ3v) is 4.07. The molecule has 2 rings (SSSR count). The minimum absolute atomic E-state index is 0.710. The molecule has 1 unspecified atom stereocenters. The van der Waals surface area contributed by atoms with E-state index in [-0.39, 0.29) is 0 Å². The number of benzene rings is 1. The normalized spacial score (nSPS) is 17.9. The Morgan fingerprint density at radius 1 is 1.15 bits per heavy atom. The van der Waals surface area contributed by atoms with Crippen molar-refractivity contribution in [2.45, 2.75) is 31.6 Å². The molecule has 0 radical (unpaired) electrons. The molecule has 112 valence electrons. The van der Waals surface area contributed by atoms with E-state index in [9.17, 15) is 0 Å². The highest BCUT2D eigenvalue weighted by Crippen LogP contribution is 2.30. The van der Waals surface area contributed by atoms with Gasteiger partial charge in [0.15, 0.2) is 0 Å².